The van der Waals surface area contributed by atoms with Gasteiger partial charge in [0.25, 0.3) is 0 Å². The highest BCUT2D eigenvalue weighted by molar-refractivity contribution is 5.43. The minimum atomic E-state index is -0.535. The largest absolute Gasteiger partial charge is 0.493 e. The molecule has 176 valence electrons. The number of aliphatic hydroxyl groups excluding tert-OH is 1. The number of nitrogens with one attached hydrogen (secondary N) is 1. The van der Waals surface area contributed by atoms with Crippen LogP contribution in [0.15, 0.2) is 36.4 Å². The number of methoxy groups -OCH3 is 1. The number of aromatic nitrogens is 1. The smallest absolute Gasteiger partial charge is 0.161 e. The summed E-state index contributed by atoms with van der Waals surface area (Å²) in [6, 6.07) is 12.1. The van der Waals surface area contributed by atoms with Gasteiger partial charge in [-0.25, -0.2) is 0 Å². The molecule has 7 nitrogen and oxygen atoms in total. The standard InChI is InChI=1S/C25H38N4O3/c1-20-6-4-7-22(27-20)10-11-26-17-21-8-9-24(31-3)25(16-21)32-19-23(30)18-29-13-5-12-28(2)14-15-29/h4,6-9,16,23,26,30H,5,10-15,17-19H2,1-3H3. The SMILES string of the molecule is COc1ccc(CNCCc2cccc(C)n2)cc1OCC(O)CN1CCCN(C)CC1. The zero-order valence-electron chi connectivity index (χ0n) is 19.7. The van der Waals surface area contributed by atoms with Crippen molar-refractivity contribution in [2.75, 3.05) is 60.0 Å². The van der Waals surface area contributed by atoms with Crippen molar-refractivity contribution in [3.05, 3.63) is 53.3 Å². The Morgan fingerprint density at radius 2 is 2.00 bits per heavy atom. The van der Waals surface area contributed by atoms with E-state index in [9.17, 15) is 5.11 Å². The van der Waals surface area contributed by atoms with Crippen LogP contribution >= 0.6 is 0 Å². The molecular formula is C25H38N4O3. The first-order valence-electron chi connectivity index (χ1n) is 11.6. The first-order chi connectivity index (χ1) is 15.5. The molecule has 1 saturated heterocycles. The van der Waals surface area contributed by atoms with Gasteiger partial charge in [0.1, 0.15) is 12.7 Å². The maximum Gasteiger partial charge on any atom is 0.161 e. The summed E-state index contributed by atoms with van der Waals surface area (Å²) < 4.78 is 11.4. The minimum Gasteiger partial charge on any atom is -0.493 e. The third-order valence-electron chi connectivity index (χ3n) is 5.77. The van der Waals surface area contributed by atoms with Crippen molar-refractivity contribution in [3.63, 3.8) is 0 Å². The maximum atomic E-state index is 10.5. The normalized spacial score (nSPS) is 16.5. The van der Waals surface area contributed by atoms with Crippen molar-refractivity contribution in [1.29, 1.82) is 0 Å². The van der Waals surface area contributed by atoms with Gasteiger partial charge in [-0.2, -0.15) is 0 Å². The fourth-order valence-electron chi connectivity index (χ4n) is 3.95. The van der Waals surface area contributed by atoms with Crippen molar-refractivity contribution in [2.45, 2.75) is 32.4 Å². The predicted octanol–water partition coefficient (Wildman–Crippen LogP) is 2.11. The number of rotatable bonds is 11. The molecule has 7 heteroatoms. The van der Waals surface area contributed by atoms with Gasteiger partial charge in [-0.05, 0) is 63.3 Å². The molecule has 0 radical (unpaired) electrons. The van der Waals surface area contributed by atoms with E-state index >= 15 is 0 Å². The monoisotopic (exact) mass is 442 g/mol. The van der Waals surface area contributed by atoms with E-state index in [1.807, 2.05) is 37.3 Å². The number of nitrogens with zero attached hydrogens (tertiary/aromatic N) is 3. The summed E-state index contributed by atoms with van der Waals surface area (Å²) >= 11 is 0. The molecule has 2 heterocycles. The van der Waals surface area contributed by atoms with E-state index in [0.717, 1.165) is 69.1 Å². The summed E-state index contributed by atoms with van der Waals surface area (Å²) in [4.78, 5) is 9.20. The summed E-state index contributed by atoms with van der Waals surface area (Å²) in [5.74, 6) is 1.35. The quantitative estimate of drug-likeness (QED) is 0.517. The summed E-state index contributed by atoms with van der Waals surface area (Å²) in [7, 11) is 3.79. The van der Waals surface area contributed by atoms with Gasteiger partial charge in [0.05, 0.1) is 7.11 Å². The number of β-amino-alcohol motifs (C(OH)–C–C–N with tert-alkyl or cyclic N) is 1. The summed E-state index contributed by atoms with van der Waals surface area (Å²) in [5, 5.41) is 14.0. The molecule has 0 amide bonds. The zero-order chi connectivity index (χ0) is 22.8. The lowest BCUT2D eigenvalue weighted by molar-refractivity contribution is 0.0685. The van der Waals surface area contributed by atoms with Gasteiger partial charge < -0.3 is 24.8 Å². The number of aliphatic hydroxyl groups is 1. The third kappa shape index (κ3) is 8.06. The van der Waals surface area contributed by atoms with Crippen LogP contribution in [0, 0.1) is 6.92 Å². The van der Waals surface area contributed by atoms with Crippen molar-refractivity contribution in [1.82, 2.24) is 20.1 Å². The second kappa shape index (κ2) is 12.7. The summed E-state index contributed by atoms with van der Waals surface area (Å²) in [6.45, 7) is 8.62. The average Bonchev–Trinajstić information content (AvgIpc) is 2.99. The van der Waals surface area contributed by atoms with Crippen molar-refractivity contribution < 1.29 is 14.6 Å². The van der Waals surface area contributed by atoms with Crippen LogP contribution in [0.5, 0.6) is 11.5 Å². The fourth-order valence-corrected chi connectivity index (χ4v) is 3.95. The molecule has 3 rings (SSSR count). The molecule has 1 aliphatic rings. The molecule has 0 spiro atoms. The lowest BCUT2D eigenvalue weighted by Gasteiger charge is -2.23. The van der Waals surface area contributed by atoms with Crippen LogP contribution in [0.4, 0.5) is 0 Å². The molecule has 1 atom stereocenters. The number of hydrogen-bond acceptors (Lipinski definition) is 7. The van der Waals surface area contributed by atoms with Crippen LogP contribution in [-0.2, 0) is 13.0 Å². The van der Waals surface area contributed by atoms with E-state index in [4.69, 9.17) is 9.47 Å². The lowest BCUT2D eigenvalue weighted by Crippen LogP contribution is -2.37. The van der Waals surface area contributed by atoms with Crippen LogP contribution in [0.1, 0.15) is 23.4 Å². The first-order valence-corrected chi connectivity index (χ1v) is 11.6. The Bertz CT molecular complexity index is 833. The van der Waals surface area contributed by atoms with Crippen LogP contribution < -0.4 is 14.8 Å². The highest BCUT2D eigenvalue weighted by Gasteiger charge is 2.17. The van der Waals surface area contributed by atoms with E-state index < -0.39 is 6.10 Å². The Kier molecular flexibility index (Phi) is 9.74. The van der Waals surface area contributed by atoms with Crippen molar-refractivity contribution in [2.24, 2.45) is 0 Å². The summed E-state index contributed by atoms with van der Waals surface area (Å²) in [5.41, 5.74) is 3.26. The molecule has 1 aromatic heterocycles. The number of benzene rings is 1. The van der Waals surface area contributed by atoms with E-state index in [2.05, 4.69) is 33.2 Å². The molecule has 2 aromatic rings. The molecule has 32 heavy (non-hydrogen) atoms. The topological polar surface area (TPSA) is 70.1 Å². The van der Waals surface area contributed by atoms with Crippen LogP contribution in [0.25, 0.3) is 0 Å². The van der Waals surface area contributed by atoms with Gasteiger partial charge in [0.2, 0.25) is 0 Å². The van der Waals surface area contributed by atoms with Gasteiger partial charge >= 0.3 is 0 Å². The molecule has 0 saturated carbocycles. The predicted molar refractivity (Wildman–Crippen MR) is 127 cm³/mol. The average molecular weight is 443 g/mol. The molecule has 1 aliphatic heterocycles. The molecule has 0 bridgehead atoms. The van der Waals surface area contributed by atoms with Crippen LogP contribution in [0.3, 0.4) is 0 Å². The minimum absolute atomic E-state index is 0.249. The molecule has 0 aliphatic carbocycles. The van der Waals surface area contributed by atoms with E-state index in [0.29, 0.717) is 18.0 Å². The number of likely N-dealkylation sites (N-methyl/N-ethyl adjacent to an activating group) is 1. The molecular weight excluding hydrogens is 404 g/mol. The Morgan fingerprint density at radius 1 is 1.12 bits per heavy atom. The Labute approximate surface area is 192 Å². The van der Waals surface area contributed by atoms with Crippen LogP contribution in [-0.4, -0.2) is 86.0 Å². The van der Waals surface area contributed by atoms with Gasteiger partial charge in [0, 0.05) is 50.5 Å². The zero-order valence-corrected chi connectivity index (χ0v) is 19.7. The van der Waals surface area contributed by atoms with Crippen LogP contribution in [0.2, 0.25) is 0 Å². The Balaban J connectivity index is 1.46. The second-order valence-corrected chi connectivity index (χ2v) is 8.60. The molecule has 1 fully saturated rings. The fraction of sp³-hybridized carbons (Fsp3) is 0.560. The van der Waals surface area contributed by atoms with Crippen molar-refractivity contribution in [3.8, 4) is 11.5 Å². The van der Waals surface area contributed by atoms with Gasteiger partial charge in [0.15, 0.2) is 11.5 Å². The highest BCUT2D eigenvalue weighted by atomic mass is 16.5. The Morgan fingerprint density at radius 3 is 2.81 bits per heavy atom. The number of aryl methyl sites for hydroxylation is 1. The van der Waals surface area contributed by atoms with E-state index in [1.165, 1.54) is 0 Å². The molecule has 1 unspecified atom stereocenters. The number of ether oxygens (including phenoxy) is 2. The van der Waals surface area contributed by atoms with Gasteiger partial charge in [-0.15, -0.1) is 0 Å². The van der Waals surface area contributed by atoms with E-state index in [1.54, 1.807) is 7.11 Å². The second-order valence-electron chi connectivity index (χ2n) is 8.60. The van der Waals surface area contributed by atoms with Gasteiger partial charge in [-0.3, -0.25) is 9.88 Å². The van der Waals surface area contributed by atoms with Crippen molar-refractivity contribution >= 4 is 0 Å². The lowest BCUT2D eigenvalue weighted by atomic mass is 10.2. The maximum absolute atomic E-state index is 10.5. The molecule has 2 N–H and O–H groups in total. The molecule has 1 aromatic carbocycles. The van der Waals surface area contributed by atoms with E-state index in [-0.39, 0.29) is 6.61 Å². The first kappa shape index (κ1) is 24.5. The van der Waals surface area contributed by atoms with Gasteiger partial charge in [-0.1, -0.05) is 12.1 Å². The Hall–Kier alpha value is -2.19. The number of pyridine rings is 1. The number of hydrogen-bond donors (Lipinski definition) is 2. The summed E-state index contributed by atoms with van der Waals surface area (Å²) in [6.07, 6.45) is 1.48. The highest BCUT2D eigenvalue weighted by Crippen LogP contribution is 2.28. The third-order valence-corrected chi connectivity index (χ3v) is 5.77.